The fourth-order valence-corrected chi connectivity index (χ4v) is 4.62. The van der Waals surface area contributed by atoms with Crippen LogP contribution in [0.4, 0.5) is 0 Å². The molecule has 0 spiro atoms. The summed E-state index contributed by atoms with van der Waals surface area (Å²) in [6.45, 7) is 10.1. The first kappa shape index (κ1) is 16.9. The molecule has 4 nitrogen and oxygen atoms in total. The van der Waals surface area contributed by atoms with Crippen LogP contribution in [0, 0.1) is 5.92 Å². The van der Waals surface area contributed by atoms with Gasteiger partial charge in [0.2, 0.25) is 0 Å². The molecule has 2 saturated heterocycles. The number of likely N-dealkylation sites (tertiary alicyclic amines) is 1. The largest absolute Gasteiger partial charge is 0.379 e. The van der Waals surface area contributed by atoms with E-state index in [1.165, 1.54) is 4.88 Å². The van der Waals surface area contributed by atoms with Crippen molar-refractivity contribution in [3.05, 3.63) is 21.9 Å². The Morgan fingerprint density at radius 2 is 1.96 bits per heavy atom. The molecule has 2 fully saturated rings. The van der Waals surface area contributed by atoms with Crippen molar-refractivity contribution in [2.75, 3.05) is 39.4 Å². The molecule has 5 heteroatoms. The number of thiophene rings is 1. The third kappa shape index (κ3) is 3.95. The Labute approximate surface area is 143 Å². The molecule has 2 aliphatic rings. The SMILES string of the molecule is CCc1ccc(C(=O)N2CCC([C@@H](C)N3CCOCC3)CC2)s1. The molecule has 0 radical (unpaired) electrons. The maximum absolute atomic E-state index is 12.6. The molecule has 3 heterocycles. The predicted molar refractivity (Wildman–Crippen MR) is 94.2 cm³/mol. The highest BCUT2D eigenvalue weighted by molar-refractivity contribution is 7.14. The molecule has 1 aromatic heterocycles. The maximum Gasteiger partial charge on any atom is 0.263 e. The van der Waals surface area contributed by atoms with E-state index in [1.807, 2.05) is 11.0 Å². The second-order valence-corrected chi connectivity index (χ2v) is 7.81. The molecule has 1 amide bonds. The number of carbonyl (C=O) groups excluding carboxylic acids is 1. The first-order chi connectivity index (χ1) is 11.2. The van der Waals surface area contributed by atoms with Crippen LogP contribution >= 0.6 is 11.3 Å². The highest BCUT2D eigenvalue weighted by atomic mass is 32.1. The average Bonchev–Trinajstić information content (AvgIpc) is 3.10. The summed E-state index contributed by atoms with van der Waals surface area (Å²) in [5.74, 6) is 0.930. The summed E-state index contributed by atoms with van der Waals surface area (Å²) in [4.78, 5) is 19.4. The molecular weight excluding hydrogens is 308 g/mol. The van der Waals surface area contributed by atoms with E-state index in [9.17, 15) is 4.79 Å². The van der Waals surface area contributed by atoms with Crippen LogP contribution in [0.25, 0.3) is 0 Å². The molecular formula is C18H28N2O2S. The quantitative estimate of drug-likeness (QED) is 0.847. The van der Waals surface area contributed by atoms with E-state index in [-0.39, 0.29) is 5.91 Å². The third-order valence-corrected chi connectivity index (χ3v) is 6.57. The van der Waals surface area contributed by atoms with Crippen LogP contribution in [0.1, 0.15) is 41.2 Å². The second-order valence-electron chi connectivity index (χ2n) is 6.64. The van der Waals surface area contributed by atoms with Gasteiger partial charge in [-0.15, -0.1) is 11.3 Å². The number of aryl methyl sites for hydroxylation is 1. The lowest BCUT2D eigenvalue weighted by Gasteiger charge is -2.40. The zero-order valence-electron chi connectivity index (χ0n) is 14.3. The van der Waals surface area contributed by atoms with Crippen LogP contribution in [-0.4, -0.2) is 61.1 Å². The Hall–Kier alpha value is -0.910. The van der Waals surface area contributed by atoms with E-state index in [2.05, 4.69) is 24.8 Å². The van der Waals surface area contributed by atoms with Crippen molar-refractivity contribution in [2.24, 2.45) is 5.92 Å². The number of nitrogens with zero attached hydrogens (tertiary/aromatic N) is 2. The molecule has 23 heavy (non-hydrogen) atoms. The summed E-state index contributed by atoms with van der Waals surface area (Å²) >= 11 is 1.65. The lowest BCUT2D eigenvalue weighted by atomic mass is 9.89. The Morgan fingerprint density at radius 1 is 1.26 bits per heavy atom. The molecule has 2 aliphatic heterocycles. The van der Waals surface area contributed by atoms with Crippen molar-refractivity contribution in [1.82, 2.24) is 9.80 Å². The molecule has 0 aromatic carbocycles. The van der Waals surface area contributed by atoms with Gasteiger partial charge in [-0.1, -0.05) is 6.92 Å². The Bertz CT molecular complexity index is 517. The third-order valence-electron chi connectivity index (χ3n) is 5.35. The van der Waals surface area contributed by atoms with E-state index in [4.69, 9.17) is 4.74 Å². The summed E-state index contributed by atoms with van der Waals surface area (Å²) in [5, 5.41) is 0. The summed E-state index contributed by atoms with van der Waals surface area (Å²) in [7, 11) is 0. The predicted octanol–water partition coefficient (Wildman–Crippen LogP) is 2.88. The van der Waals surface area contributed by atoms with E-state index < -0.39 is 0 Å². The van der Waals surface area contributed by atoms with Crippen molar-refractivity contribution in [2.45, 2.75) is 39.2 Å². The minimum absolute atomic E-state index is 0.229. The minimum atomic E-state index is 0.229. The first-order valence-corrected chi connectivity index (χ1v) is 9.70. The van der Waals surface area contributed by atoms with Gasteiger partial charge in [0.1, 0.15) is 0 Å². The highest BCUT2D eigenvalue weighted by Gasteiger charge is 2.30. The van der Waals surface area contributed by atoms with Crippen LogP contribution in [0.5, 0.6) is 0 Å². The molecule has 0 bridgehead atoms. The Balaban J connectivity index is 1.52. The van der Waals surface area contributed by atoms with Gasteiger partial charge < -0.3 is 9.64 Å². The van der Waals surface area contributed by atoms with Crippen LogP contribution < -0.4 is 0 Å². The normalized spacial score (nSPS) is 22.3. The van der Waals surface area contributed by atoms with Crippen LogP contribution in [0.3, 0.4) is 0 Å². The van der Waals surface area contributed by atoms with Crippen LogP contribution in [-0.2, 0) is 11.2 Å². The fourth-order valence-electron chi connectivity index (χ4n) is 3.71. The summed E-state index contributed by atoms with van der Waals surface area (Å²) < 4.78 is 5.45. The van der Waals surface area contributed by atoms with Gasteiger partial charge in [0.25, 0.3) is 5.91 Å². The molecule has 3 rings (SSSR count). The summed E-state index contributed by atoms with van der Waals surface area (Å²) in [5.41, 5.74) is 0. The van der Waals surface area contributed by atoms with Crippen molar-refractivity contribution in [3.8, 4) is 0 Å². The number of amides is 1. The van der Waals surface area contributed by atoms with Gasteiger partial charge in [-0.2, -0.15) is 0 Å². The number of morpholine rings is 1. The van der Waals surface area contributed by atoms with Crippen molar-refractivity contribution in [1.29, 1.82) is 0 Å². The lowest BCUT2D eigenvalue weighted by Crippen LogP contribution is -2.49. The molecule has 1 aromatic rings. The number of piperidine rings is 1. The van der Waals surface area contributed by atoms with Gasteiger partial charge >= 0.3 is 0 Å². The van der Waals surface area contributed by atoms with E-state index >= 15 is 0 Å². The Kier molecular flexibility index (Phi) is 5.72. The van der Waals surface area contributed by atoms with Crippen LogP contribution in [0.2, 0.25) is 0 Å². The van der Waals surface area contributed by atoms with E-state index in [0.29, 0.717) is 12.0 Å². The van der Waals surface area contributed by atoms with Gasteiger partial charge in [0, 0.05) is 37.1 Å². The van der Waals surface area contributed by atoms with Crippen molar-refractivity contribution >= 4 is 17.2 Å². The summed E-state index contributed by atoms with van der Waals surface area (Å²) in [6.07, 6.45) is 3.25. The number of ether oxygens (including phenoxy) is 1. The number of carbonyl (C=O) groups is 1. The lowest BCUT2D eigenvalue weighted by molar-refractivity contribution is -0.000920. The smallest absolute Gasteiger partial charge is 0.263 e. The first-order valence-electron chi connectivity index (χ1n) is 8.88. The number of hydrogen-bond acceptors (Lipinski definition) is 4. The average molecular weight is 337 g/mol. The molecule has 128 valence electrons. The topological polar surface area (TPSA) is 32.8 Å². The molecule has 0 aliphatic carbocycles. The van der Waals surface area contributed by atoms with Gasteiger partial charge in [0.15, 0.2) is 0 Å². The Morgan fingerprint density at radius 3 is 2.57 bits per heavy atom. The van der Waals surface area contributed by atoms with Gasteiger partial charge in [-0.25, -0.2) is 0 Å². The number of hydrogen-bond donors (Lipinski definition) is 0. The van der Waals surface area contributed by atoms with Crippen molar-refractivity contribution in [3.63, 3.8) is 0 Å². The minimum Gasteiger partial charge on any atom is -0.379 e. The van der Waals surface area contributed by atoms with Crippen molar-refractivity contribution < 1.29 is 9.53 Å². The zero-order valence-corrected chi connectivity index (χ0v) is 15.1. The van der Waals surface area contributed by atoms with Crippen LogP contribution in [0.15, 0.2) is 12.1 Å². The van der Waals surface area contributed by atoms with Gasteiger partial charge in [0.05, 0.1) is 18.1 Å². The van der Waals surface area contributed by atoms with E-state index in [1.54, 1.807) is 11.3 Å². The number of rotatable bonds is 4. The zero-order chi connectivity index (χ0) is 16.2. The van der Waals surface area contributed by atoms with E-state index in [0.717, 1.165) is 63.5 Å². The highest BCUT2D eigenvalue weighted by Crippen LogP contribution is 2.27. The molecule has 0 N–H and O–H groups in total. The monoisotopic (exact) mass is 336 g/mol. The molecule has 0 saturated carbocycles. The summed E-state index contributed by atoms with van der Waals surface area (Å²) in [6, 6.07) is 4.68. The fraction of sp³-hybridized carbons (Fsp3) is 0.722. The van der Waals surface area contributed by atoms with Gasteiger partial charge in [-0.05, 0) is 44.2 Å². The standard InChI is InChI=1S/C18H28N2O2S/c1-3-16-4-5-17(23-16)18(21)20-8-6-15(7-9-20)14(2)19-10-12-22-13-11-19/h4-5,14-15H,3,6-13H2,1-2H3/t14-/m1/s1. The molecule has 1 atom stereocenters. The second kappa shape index (κ2) is 7.77. The molecule has 0 unspecified atom stereocenters. The van der Waals surface area contributed by atoms with Gasteiger partial charge in [-0.3, -0.25) is 9.69 Å². The maximum atomic E-state index is 12.6.